The maximum atomic E-state index is 11.2. The van der Waals surface area contributed by atoms with Crippen LogP contribution in [-0.2, 0) is 16.0 Å². The molecule has 1 aliphatic heterocycles. The number of ether oxygens (including phenoxy) is 2. The lowest BCUT2D eigenvalue weighted by molar-refractivity contribution is -0.141. The van der Waals surface area contributed by atoms with Gasteiger partial charge in [-0.2, -0.15) is 0 Å². The van der Waals surface area contributed by atoms with Crippen molar-refractivity contribution in [3.63, 3.8) is 0 Å². The molecule has 1 aliphatic rings. The standard InChI is InChI=1S/C14H19NO3/c1-17-14(16)9-12(15)11-6-5-10-4-2-3-7-18-13(10)8-11/h5-6,8,12H,2-4,7,9,15H2,1H3. The molecule has 0 bridgehead atoms. The smallest absolute Gasteiger partial charge is 0.307 e. The molecule has 1 aromatic carbocycles. The van der Waals surface area contributed by atoms with Gasteiger partial charge in [0.25, 0.3) is 0 Å². The van der Waals surface area contributed by atoms with Crippen LogP contribution in [0.2, 0.25) is 0 Å². The number of carbonyl (C=O) groups excluding carboxylic acids is 1. The third-order valence-electron chi connectivity index (χ3n) is 3.23. The van der Waals surface area contributed by atoms with Crippen molar-refractivity contribution in [1.82, 2.24) is 0 Å². The molecule has 1 aromatic rings. The van der Waals surface area contributed by atoms with Crippen molar-refractivity contribution in [2.45, 2.75) is 31.7 Å². The lowest BCUT2D eigenvalue weighted by atomic mass is 10.0. The van der Waals surface area contributed by atoms with Crippen LogP contribution in [0.1, 0.15) is 36.4 Å². The van der Waals surface area contributed by atoms with Gasteiger partial charge in [-0.25, -0.2) is 0 Å². The summed E-state index contributed by atoms with van der Waals surface area (Å²) in [6, 6.07) is 5.64. The Hall–Kier alpha value is -1.55. The topological polar surface area (TPSA) is 61.5 Å². The van der Waals surface area contributed by atoms with Crippen molar-refractivity contribution >= 4 is 5.97 Å². The molecule has 1 heterocycles. The fourth-order valence-electron chi connectivity index (χ4n) is 2.12. The second-order valence-corrected chi connectivity index (χ2v) is 4.56. The molecule has 2 rings (SSSR count). The molecule has 0 spiro atoms. The Kier molecular flexibility index (Phi) is 4.20. The highest BCUT2D eigenvalue weighted by Gasteiger charge is 2.15. The molecule has 4 nitrogen and oxygen atoms in total. The molecule has 18 heavy (non-hydrogen) atoms. The number of benzene rings is 1. The average Bonchev–Trinajstić information content (AvgIpc) is 2.62. The van der Waals surface area contributed by atoms with Gasteiger partial charge in [-0.05, 0) is 36.5 Å². The molecule has 4 heteroatoms. The maximum absolute atomic E-state index is 11.2. The number of fused-ring (bicyclic) bond motifs is 1. The zero-order valence-corrected chi connectivity index (χ0v) is 10.6. The molecule has 2 N–H and O–H groups in total. The number of hydrogen-bond acceptors (Lipinski definition) is 4. The maximum Gasteiger partial charge on any atom is 0.307 e. The first-order valence-corrected chi connectivity index (χ1v) is 6.28. The van der Waals surface area contributed by atoms with E-state index in [-0.39, 0.29) is 18.4 Å². The van der Waals surface area contributed by atoms with Gasteiger partial charge in [0, 0.05) is 6.04 Å². The number of rotatable bonds is 3. The van der Waals surface area contributed by atoms with Crippen molar-refractivity contribution < 1.29 is 14.3 Å². The number of nitrogens with two attached hydrogens (primary N) is 1. The Morgan fingerprint density at radius 3 is 3.11 bits per heavy atom. The van der Waals surface area contributed by atoms with Crippen LogP contribution in [0.4, 0.5) is 0 Å². The van der Waals surface area contributed by atoms with E-state index in [1.54, 1.807) is 0 Å². The summed E-state index contributed by atoms with van der Waals surface area (Å²) in [5, 5.41) is 0. The lowest BCUT2D eigenvalue weighted by Crippen LogP contribution is -2.16. The van der Waals surface area contributed by atoms with Crippen LogP contribution in [-0.4, -0.2) is 19.7 Å². The van der Waals surface area contributed by atoms with Gasteiger partial charge in [0.2, 0.25) is 0 Å². The Bertz CT molecular complexity index is 431. The molecular formula is C14H19NO3. The van der Waals surface area contributed by atoms with Gasteiger partial charge >= 0.3 is 5.97 Å². The van der Waals surface area contributed by atoms with Crippen molar-refractivity contribution in [3.05, 3.63) is 29.3 Å². The van der Waals surface area contributed by atoms with Crippen LogP contribution in [0, 0.1) is 0 Å². The van der Waals surface area contributed by atoms with Crippen LogP contribution in [0.5, 0.6) is 5.75 Å². The number of carbonyl (C=O) groups is 1. The third kappa shape index (κ3) is 3.01. The summed E-state index contributed by atoms with van der Waals surface area (Å²) in [6.07, 6.45) is 3.47. The quantitative estimate of drug-likeness (QED) is 0.832. The first-order valence-electron chi connectivity index (χ1n) is 6.28. The summed E-state index contributed by atoms with van der Waals surface area (Å²) in [7, 11) is 1.37. The molecule has 1 unspecified atom stereocenters. The molecular weight excluding hydrogens is 230 g/mol. The first-order chi connectivity index (χ1) is 8.70. The molecule has 1 atom stereocenters. The Morgan fingerprint density at radius 1 is 1.50 bits per heavy atom. The lowest BCUT2D eigenvalue weighted by Gasteiger charge is -2.14. The van der Waals surface area contributed by atoms with E-state index in [2.05, 4.69) is 4.74 Å². The van der Waals surface area contributed by atoms with E-state index < -0.39 is 0 Å². The summed E-state index contributed by atoms with van der Waals surface area (Å²) in [5.41, 5.74) is 8.13. The van der Waals surface area contributed by atoms with Crippen LogP contribution in [0.25, 0.3) is 0 Å². The highest BCUT2D eigenvalue weighted by molar-refractivity contribution is 5.70. The molecule has 0 amide bonds. The van der Waals surface area contributed by atoms with Crippen molar-refractivity contribution in [3.8, 4) is 5.75 Å². The summed E-state index contributed by atoms with van der Waals surface area (Å²) in [5.74, 6) is 0.615. The van der Waals surface area contributed by atoms with E-state index in [0.717, 1.165) is 37.2 Å². The summed E-state index contributed by atoms with van der Waals surface area (Å²) >= 11 is 0. The number of methoxy groups -OCH3 is 1. The fraction of sp³-hybridized carbons (Fsp3) is 0.500. The minimum absolute atomic E-state index is 0.190. The SMILES string of the molecule is COC(=O)CC(N)c1ccc2c(c1)OCCCC2. The first kappa shape index (κ1) is 12.9. The van der Waals surface area contributed by atoms with E-state index in [0.29, 0.717) is 0 Å². The van der Waals surface area contributed by atoms with E-state index in [4.69, 9.17) is 10.5 Å². The molecule has 0 aromatic heterocycles. The Balaban J connectivity index is 2.14. The molecule has 0 fully saturated rings. The molecule has 98 valence electrons. The van der Waals surface area contributed by atoms with Crippen molar-refractivity contribution in [2.24, 2.45) is 5.73 Å². The van der Waals surface area contributed by atoms with Crippen LogP contribution >= 0.6 is 0 Å². The van der Waals surface area contributed by atoms with Gasteiger partial charge in [-0.15, -0.1) is 0 Å². The zero-order valence-electron chi connectivity index (χ0n) is 10.6. The normalized spacial score (nSPS) is 16.1. The highest BCUT2D eigenvalue weighted by Crippen LogP contribution is 2.28. The Labute approximate surface area is 107 Å². The van der Waals surface area contributed by atoms with Crippen LogP contribution in [0.3, 0.4) is 0 Å². The number of esters is 1. The molecule has 0 radical (unpaired) electrons. The van der Waals surface area contributed by atoms with E-state index in [1.165, 1.54) is 12.7 Å². The summed E-state index contributed by atoms with van der Waals surface area (Å²) in [4.78, 5) is 11.2. The molecule has 0 saturated heterocycles. The van der Waals surface area contributed by atoms with Gasteiger partial charge in [0.05, 0.1) is 20.1 Å². The fourth-order valence-corrected chi connectivity index (χ4v) is 2.12. The largest absolute Gasteiger partial charge is 0.493 e. The highest BCUT2D eigenvalue weighted by atomic mass is 16.5. The predicted octanol–water partition coefficient (Wildman–Crippen LogP) is 1.96. The van der Waals surface area contributed by atoms with Crippen molar-refractivity contribution in [1.29, 1.82) is 0 Å². The average molecular weight is 249 g/mol. The minimum Gasteiger partial charge on any atom is -0.493 e. The van der Waals surface area contributed by atoms with E-state index in [1.807, 2.05) is 18.2 Å². The van der Waals surface area contributed by atoms with Gasteiger partial charge in [0.15, 0.2) is 0 Å². The van der Waals surface area contributed by atoms with Crippen LogP contribution < -0.4 is 10.5 Å². The van der Waals surface area contributed by atoms with E-state index >= 15 is 0 Å². The van der Waals surface area contributed by atoms with Gasteiger partial charge < -0.3 is 15.2 Å². The van der Waals surface area contributed by atoms with Gasteiger partial charge in [-0.1, -0.05) is 12.1 Å². The zero-order chi connectivity index (χ0) is 13.0. The van der Waals surface area contributed by atoms with Gasteiger partial charge in [-0.3, -0.25) is 4.79 Å². The predicted molar refractivity (Wildman–Crippen MR) is 68.4 cm³/mol. The number of hydrogen-bond donors (Lipinski definition) is 1. The monoisotopic (exact) mass is 249 g/mol. The second-order valence-electron chi connectivity index (χ2n) is 4.56. The van der Waals surface area contributed by atoms with Gasteiger partial charge in [0.1, 0.15) is 5.75 Å². The summed E-state index contributed by atoms with van der Waals surface area (Å²) < 4.78 is 10.3. The second kappa shape index (κ2) is 5.87. The summed E-state index contributed by atoms with van der Waals surface area (Å²) in [6.45, 7) is 0.753. The Morgan fingerprint density at radius 2 is 2.33 bits per heavy atom. The third-order valence-corrected chi connectivity index (χ3v) is 3.23. The van der Waals surface area contributed by atoms with Crippen molar-refractivity contribution in [2.75, 3.05) is 13.7 Å². The number of aryl methyl sites for hydroxylation is 1. The molecule has 0 saturated carbocycles. The molecule has 0 aliphatic carbocycles. The van der Waals surface area contributed by atoms with E-state index in [9.17, 15) is 4.79 Å². The van der Waals surface area contributed by atoms with Crippen LogP contribution in [0.15, 0.2) is 18.2 Å². The minimum atomic E-state index is -0.338.